The molecule has 0 bridgehead atoms. The molecule has 1 fully saturated rings. The maximum Gasteiger partial charge on any atom is 0.230 e. The molecule has 1 aliphatic rings. The van der Waals surface area contributed by atoms with Gasteiger partial charge >= 0.3 is 0 Å². The highest BCUT2D eigenvalue weighted by Gasteiger charge is 2.24. The average molecular weight is 206 g/mol. The van der Waals surface area contributed by atoms with Crippen LogP contribution in [0.25, 0.3) is 0 Å². The molecule has 4 nitrogen and oxygen atoms in total. The zero-order valence-corrected chi connectivity index (χ0v) is 8.36. The number of aliphatic hydroxyl groups excluding tert-OH is 1. The molecule has 1 aliphatic heterocycles. The predicted molar refractivity (Wildman–Crippen MR) is 57.4 cm³/mol. The average Bonchev–Trinajstić information content (AvgIpc) is 2.15. The van der Waals surface area contributed by atoms with Gasteiger partial charge in [0.15, 0.2) is 0 Å². The van der Waals surface area contributed by atoms with Crippen LogP contribution in [0.1, 0.15) is 5.56 Å². The summed E-state index contributed by atoms with van der Waals surface area (Å²) in [5, 5.41) is 14.8. The number of benzene rings is 1. The van der Waals surface area contributed by atoms with E-state index in [-0.39, 0.29) is 18.4 Å². The van der Waals surface area contributed by atoms with Gasteiger partial charge in [-0.3, -0.25) is 4.79 Å². The summed E-state index contributed by atoms with van der Waals surface area (Å²) in [6, 6.07) is 7.24. The van der Waals surface area contributed by atoms with Gasteiger partial charge in [-0.1, -0.05) is 12.1 Å². The van der Waals surface area contributed by atoms with E-state index >= 15 is 0 Å². The second-order valence-corrected chi connectivity index (χ2v) is 3.70. The molecule has 3 N–H and O–H groups in total. The zero-order valence-electron chi connectivity index (χ0n) is 8.36. The van der Waals surface area contributed by atoms with Crippen LogP contribution in [0.15, 0.2) is 24.3 Å². The lowest BCUT2D eigenvalue weighted by atomic mass is 10.0. The van der Waals surface area contributed by atoms with Crippen molar-refractivity contribution in [3.05, 3.63) is 29.8 Å². The van der Waals surface area contributed by atoms with Crippen molar-refractivity contribution >= 4 is 11.6 Å². The van der Waals surface area contributed by atoms with Crippen LogP contribution in [0.2, 0.25) is 0 Å². The highest BCUT2D eigenvalue weighted by molar-refractivity contribution is 5.93. The van der Waals surface area contributed by atoms with Crippen molar-refractivity contribution in [2.75, 3.05) is 18.4 Å². The van der Waals surface area contributed by atoms with Crippen molar-refractivity contribution in [1.82, 2.24) is 5.32 Å². The fourth-order valence-corrected chi connectivity index (χ4v) is 1.47. The minimum Gasteiger partial charge on any atom is -0.392 e. The molecule has 0 unspecified atom stereocenters. The van der Waals surface area contributed by atoms with Gasteiger partial charge in [0.1, 0.15) is 0 Å². The molecule has 1 saturated heterocycles. The van der Waals surface area contributed by atoms with E-state index in [1.165, 1.54) is 0 Å². The first-order valence-corrected chi connectivity index (χ1v) is 5.01. The minimum absolute atomic E-state index is 0.00526. The van der Waals surface area contributed by atoms with Gasteiger partial charge in [0, 0.05) is 18.8 Å². The molecular weight excluding hydrogens is 192 g/mol. The van der Waals surface area contributed by atoms with Crippen molar-refractivity contribution in [1.29, 1.82) is 0 Å². The molecule has 80 valence electrons. The number of amides is 1. The summed E-state index contributed by atoms with van der Waals surface area (Å²) < 4.78 is 0. The molecule has 0 aromatic heterocycles. The number of hydrogen-bond acceptors (Lipinski definition) is 3. The van der Waals surface area contributed by atoms with E-state index in [9.17, 15) is 4.79 Å². The van der Waals surface area contributed by atoms with Gasteiger partial charge in [-0.05, 0) is 17.7 Å². The molecule has 0 radical (unpaired) electrons. The Hall–Kier alpha value is -1.39. The number of hydrogen-bond donors (Lipinski definition) is 3. The first-order valence-electron chi connectivity index (χ1n) is 5.01. The van der Waals surface area contributed by atoms with Crippen LogP contribution in [0.5, 0.6) is 0 Å². The van der Waals surface area contributed by atoms with E-state index in [0.717, 1.165) is 24.3 Å². The van der Waals surface area contributed by atoms with E-state index in [2.05, 4.69) is 10.6 Å². The SMILES string of the molecule is O=C(Nc1cccc(CO)c1)C1CNC1. The largest absolute Gasteiger partial charge is 0.392 e. The quantitative estimate of drug-likeness (QED) is 0.668. The Morgan fingerprint density at radius 2 is 2.33 bits per heavy atom. The number of carbonyl (C=O) groups is 1. The Bertz CT molecular complexity index is 361. The van der Waals surface area contributed by atoms with Crippen LogP contribution in [-0.4, -0.2) is 24.1 Å². The van der Waals surface area contributed by atoms with E-state index in [1.54, 1.807) is 6.07 Å². The summed E-state index contributed by atoms with van der Waals surface area (Å²) in [5.74, 6) is 0.131. The highest BCUT2D eigenvalue weighted by Crippen LogP contribution is 2.13. The summed E-state index contributed by atoms with van der Waals surface area (Å²) in [6.45, 7) is 1.51. The zero-order chi connectivity index (χ0) is 10.7. The molecule has 2 rings (SSSR count). The van der Waals surface area contributed by atoms with E-state index in [1.807, 2.05) is 18.2 Å². The number of nitrogens with one attached hydrogen (secondary N) is 2. The summed E-state index contributed by atoms with van der Waals surface area (Å²) in [5.41, 5.74) is 1.55. The van der Waals surface area contributed by atoms with Crippen molar-refractivity contribution in [2.45, 2.75) is 6.61 Å². The van der Waals surface area contributed by atoms with Crippen molar-refractivity contribution < 1.29 is 9.90 Å². The summed E-state index contributed by atoms with van der Waals surface area (Å²) in [7, 11) is 0. The number of carbonyl (C=O) groups excluding carboxylic acids is 1. The minimum atomic E-state index is -0.00526. The number of anilines is 1. The van der Waals surface area contributed by atoms with Crippen LogP contribution in [-0.2, 0) is 11.4 Å². The van der Waals surface area contributed by atoms with E-state index in [4.69, 9.17) is 5.11 Å². The van der Waals surface area contributed by atoms with Crippen LogP contribution in [0, 0.1) is 5.92 Å². The highest BCUT2D eigenvalue weighted by atomic mass is 16.3. The molecule has 0 spiro atoms. The fraction of sp³-hybridized carbons (Fsp3) is 0.364. The standard InChI is InChI=1S/C11H14N2O2/c14-7-8-2-1-3-10(4-8)13-11(15)9-5-12-6-9/h1-4,9,12,14H,5-7H2,(H,13,15). The molecule has 1 heterocycles. The third-order valence-electron chi connectivity index (χ3n) is 2.53. The summed E-state index contributed by atoms with van der Waals surface area (Å²) in [4.78, 5) is 11.6. The predicted octanol–water partition coefficient (Wildman–Crippen LogP) is 0.337. The van der Waals surface area contributed by atoms with Crippen LogP contribution in [0.3, 0.4) is 0 Å². The van der Waals surface area contributed by atoms with Crippen LogP contribution in [0.4, 0.5) is 5.69 Å². The number of rotatable bonds is 3. The van der Waals surface area contributed by atoms with E-state index in [0.29, 0.717) is 0 Å². The molecule has 0 aliphatic carbocycles. The maximum atomic E-state index is 11.6. The van der Waals surface area contributed by atoms with Crippen molar-refractivity contribution in [3.8, 4) is 0 Å². The van der Waals surface area contributed by atoms with Crippen molar-refractivity contribution in [2.24, 2.45) is 5.92 Å². The summed E-state index contributed by atoms with van der Waals surface area (Å²) in [6.07, 6.45) is 0. The van der Waals surface area contributed by atoms with Crippen LogP contribution < -0.4 is 10.6 Å². The van der Waals surface area contributed by atoms with Gasteiger partial charge in [-0.25, -0.2) is 0 Å². The Kier molecular flexibility index (Phi) is 2.99. The third kappa shape index (κ3) is 2.34. The lowest BCUT2D eigenvalue weighted by Crippen LogP contribution is -2.48. The Morgan fingerprint density at radius 3 is 2.93 bits per heavy atom. The maximum absolute atomic E-state index is 11.6. The Labute approximate surface area is 88.3 Å². The third-order valence-corrected chi connectivity index (χ3v) is 2.53. The van der Waals surface area contributed by atoms with Gasteiger partial charge in [0.25, 0.3) is 0 Å². The molecule has 15 heavy (non-hydrogen) atoms. The smallest absolute Gasteiger partial charge is 0.230 e. The molecule has 1 aromatic carbocycles. The molecule has 0 atom stereocenters. The van der Waals surface area contributed by atoms with Crippen LogP contribution >= 0.6 is 0 Å². The number of aliphatic hydroxyl groups is 1. The Morgan fingerprint density at radius 1 is 1.53 bits per heavy atom. The topological polar surface area (TPSA) is 61.4 Å². The molecule has 1 amide bonds. The van der Waals surface area contributed by atoms with Gasteiger partial charge in [0.2, 0.25) is 5.91 Å². The Balaban J connectivity index is 1.99. The molecule has 1 aromatic rings. The monoisotopic (exact) mass is 206 g/mol. The second kappa shape index (κ2) is 4.42. The van der Waals surface area contributed by atoms with Gasteiger partial charge in [-0.2, -0.15) is 0 Å². The van der Waals surface area contributed by atoms with Gasteiger partial charge in [0.05, 0.1) is 12.5 Å². The summed E-state index contributed by atoms with van der Waals surface area (Å²) >= 11 is 0. The van der Waals surface area contributed by atoms with Gasteiger partial charge < -0.3 is 15.7 Å². The second-order valence-electron chi connectivity index (χ2n) is 3.70. The first-order chi connectivity index (χ1) is 7.29. The molecule has 0 saturated carbocycles. The molecule has 4 heteroatoms. The molecular formula is C11H14N2O2. The van der Waals surface area contributed by atoms with E-state index < -0.39 is 0 Å². The van der Waals surface area contributed by atoms with Gasteiger partial charge in [-0.15, -0.1) is 0 Å². The lowest BCUT2D eigenvalue weighted by molar-refractivity contribution is -0.121. The lowest BCUT2D eigenvalue weighted by Gasteiger charge is -2.25. The van der Waals surface area contributed by atoms with Crippen molar-refractivity contribution in [3.63, 3.8) is 0 Å². The first kappa shape index (κ1) is 10.1. The fourth-order valence-electron chi connectivity index (χ4n) is 1.47. The normalized spacial score (nSPS) is 15.8.